The lowest BCUT2D eigenvalue weighted by molar-refractivity contribution is 0.0660. The Balaban J connectivity index is 1.93. The number of H-pyrrole nitrogens is 1. The summed E-state index contributed by atoms with van der Waals surface area (Å²) in [6.45, 7) is 0.0823. The van der Waals surface area contributed by atoms with Gasteiger partial charge >= 0.3 is 5.97 Å². The maximum absolute atomic E-state index is 11.4. The lowest BCUT2D eigenvalue weighted by Crippen LogP contribution is -2.22. The highest BCUT2D eigenvalue weighted by atomic mass is 16.4. The quantitative estimate of drug-likeness (QED) is 0.688. The lowest BCUT2D eigenvalue weighted by Gasteiger charge is -1.99. The first-order valence-corrected chi connectivity index (χ1v) is 4.63. The molecule has 0 aliphatic rings. The van der Waals surface area contributed by atoms with Crippen molar-refractivity contribution in [3.05, 3.63) is 35.5 Å². The van der Waals surface area contributed by atoms with Crippen LogP contribution in [0.2, 0.25) is 0 Å². The van der Waals surface area contributed by atoms with E-state index in [1.54, 1.807) is 0 Å². The number of carbonyl (C=O) groups excluding carboxylic acids is 1. The maximum Gasteiger partial charge on any atom is 0.371 e. The number of hydrogen-bond acceptors (Lipinski definition) is 5. The van der Waals surface area contributed by atoms with Crippen molar-refractivity contribution < 1.29 is 19.1 Å². The van der Waals surface area contributed by atoms with Crippen molar-refractivity contribution in [2.45, 2.75) is 6.54 Å². The number of aromatic amines is 1. The Kier molecular flexibility index (Phi) is 2.86. The highest BCUT2D eigenvalue weighted by molar-refractivity contribution is 5.91. The highest BCUT2D eigenvalue weighted by Crippen LogP contribution is 2.07. The molecular weight excluding hydrogens is 228 g/mol. The summed E-state index contributed by atoms with van der Waals surface area (Å²) in [5, 5.41) is 20.5. The number of rotatable bonds is 4. The van der Waals surface area contributed by atoms with Crippen LogP contribution in [0.4, 0.5) is 0 Å². The zero-order chi connectivity index (χ0) is 12.3. The van der Waals surface area contributed by atoms with E-state index in [0.717, 1.165) is 0 Å². The molecule has 0 atom stereocenters. The third-order valence-electron chi connectivity index (χ3n) is 1.94. The van der Waals surface area contributed by atoms with Crippen molar-refractivity contribution >= 4 is 11.9 Å². The number of aromatic nitrogens is 3. The predicted octanol–water partition coefficient (Wildman–Crippen LogP) is 0.0259. The van der Waals surface area contributed by atoms with Crippen LogP contribution in [0.5, 0.6) is 0 Å². The van der Waals surface area contributed by atoms with Crippen molar-refractivity contribution in [2.75, 3.05) is 0 Å². The Labute approximate surface area is 94.6 Å². The standard InChI is InChI=1S/C9H8N4O4/c14-8(6-4-11-13-12-6)10-3-5-1-2-7(17-5)9(15)16/h1-2,4H,3H2,(H,10,14)(H,15,16)(H,11,12,13). The summed E-state index contributed by atoms with van der Waals surface area (Å²) in [5.74, 6) is -1.40. The molecule has 2 aromatic heterocycles. The van der Waals surface area contributed by atoms with Crippen molar-refractivity contribution in [3.8, 4) is 0 Å². The third-order valence-corrected chi connectivity index (χ3v) is 1.94. The van der Waals surface area contributed by atoms with Crippen molar-refractivity contribution in [2.24, 2.45) is 0 Å². The van der Waals surface area contributed by atoms with Gasteiger partial charge in [-0.15, -0.1) is 0 Å². The van der Waals surface area contributed by atoms with E-state index in [-0.39, 0.29) is 18.0 Å². The number of nitrogens with zero attached hydrogens (tertiary/aromatic N) is 2. The SMILES string of the molecule is O=C(NCc1ccc(C(=O)O)o1)c1cn[nH]n1. The van der Waals surface area contributed by atoms with Crippen LogP contribution in [0.3, 0.4) is 0 Å². The van der Waals surface area contributed by atoms with Crippen LogP contribution in [0.25, 0.3) is 0 Å². The molecule has 2 rings (SSSR count). The number of furan rings is 1. The number of carboxylic acids is 1. The van der Waals surface area contributed by atoms with Crippen LogP contribution in [0.15, 0.2) is 22.7 Å². The molecule has 17 heavy (non-hydrogen) atoms. The summed E-state index contributed by atoms with van der Waals surface area (Å²) >= 11 is 0. The van der Waals surface area contributed by atoms with E-state index < -0.39 is 11.9 Å². The van der Waals surface area contributed by atoms with Gasteiger partial charge in [-0.2, -0.15) is 15.4 Å². The minimum Gasteiger partial charge on any atom is -0.475 e. The normalized spacial score (nSPS) is 10.1. The summed E-state index contributed by atoms with van der Waals surface area (Å²) in [7, 11) is 0. The first-order chi connectivity index (χ1) is 8.16. The Bertz CT molecular complexity index is 531. The van der Waals surface area contributed by atoms with Crippen LogP contribution < -0.4 is 5.32 Å². The van der Waals surface area contributed by atoms with Gasteiger partial charge in [-0.3, -0.25) is 4.79 Å². The predicted molar refractivity (Wildman–Crippen MR) is 53.2 cm³/mol. The average Bonchev–Trinajstić information content (AvgIpc) is 2.97. The molecule has 0 aliphatic heterocycles. The number of hydrogen-bond donors (Lipinski definition) is 3. The number of carbonyl (C=O) groups is 2. The van der Waals surface area contributed by atoms with Crippen molar-refractivity contribution in [3.63, 3.8) is 0 Å². The number of nitrogens with one attached hydrogen (secondary N) is 2. The molecule has 0 bridgehead atoms. The Morgan fingerprint density at radius 2 is 2.29 bits per heavy atom. The minimum absolute atomic E-state index is 0.0823. The third kappa shape index (κ3) is 2.48. The second-order valence-corrected chi connectivity index (χ2v) is 3.11. The van der Waals surface area contributed by atoms with E-state index in [4.69, 9.17) is 9.52 Å². The van der Waals surface area contributed by atoms with E-state index in [1.165, 1.54) is 18.3 Å². The van der Waals surface area contributed by atoms with Crippen LogP contribution in [-0.4, -0.2) is 32.4 Å². The van der Waals surface area contributed by atoms with Gasteiger partial charge in [0.05, 0.1) is 12.7 Å². The number of aromatic carboxylic acids is 1. The van der Waals surface area contributed by atoms with Crippen LogP contribution in [0.1, 0.15) is 26.8 Å². The van der Waals surface area contributed by atoms with Gasteiger partial charge in [-0.25, -0.2) is 4.79 Å². The maximum atomic E-state index is 11.4. The molecule has 0 unspecified atom stereocenters. The molecule has 3 N–H and O–H groups in total. The first kappa shape index (κ1) is 10.9. The Morgan fingerprint density at radius 1 is 1.47 bits per heavy atom. The van der Waals surface area contributed by atoms with Crippen molar-refractivity contribution in [1.29, 1.82) is 0 Å². The van der Waals surface area contributed by atoms with Gasteiger partial charge in [-0.1, -0.05) is 0 Å². The van der Waals surface area contributed by atoms with Crippen molar-refractivity contribution in [1.82, 2.24) is 20.7 Å². The fourth-order valence-electron chi connectivity index (χ4n) is 1.16. The zero-order valence-electron chi connectivity index (χ0n) is 8.51. The molecule has 0 fully saturated rings. The van der Waals surface area contributed by atoms with Crippen LogP contribution in [-0.2, 0) is 6.54 Å². The summed E-state index contributed by atoms with van der Waals surface area (Å²) in [6, 6.07) is 2.80. The van der Waals surface area contributed by atoms with E-state index in [1.807, 2.05) is 0 Å². The van der Waals surface area contributed by atoms with Gasteiger partial charge in [0.1, 0.15) is 5.76 Å². The number of carboxylic acid groups (broad SMARTS) is 1. The molecule has 0 spiro atoms. The van der Waals surface area contributed by atoms with Gasteiger partial charge < -0.3 is 14.8 Å². The molecule has 2 aromatic rings. The van der Waals surface area contributed by atoms with Crippen LogP contribution in [0, 0.1) is 0 Å². The zero-order valence-corrected chi connectivity index (χ0v) is 8.51. The topological polar surface area (TPSA) is 121 Å². The molecule has 8 nitrogen and oxygen atoms in total. The van der Waals surface area contributed by atoms with Gasteiger partial charge in [0.2, 0.25) is 5.76 Å². The molecule has 0 aromatic carbocycles. The second kappa shape index (κ2) is 4.47. The first-order valence-electron chi connectivity index (χ1n) is 4.63. The van der Waals surface area contributed by atoms with E-state index >= 15 is 0 Å². The summed E-state index contributed by atoms with van der Waals surface area (Å²) in [5.41, 5.74) is 0.148. The molecule has 0 saturated heterocycles. The monoisotopic (exact) mass is 236 g/mol. The summed E-state index contributed by atoms with van der Waals surface area (Å²) in [6.07, 6.45) is 1.28. The summed E-state index contributed by atoms with van der Waals surface area (Å²) in [4.78, 5) is 22.0. The average molecular weight is 236 g/mol. The second-order valence-electron chi connectivity index (χ2n) is 3.11. The van der Waals surface area contributed by atoms with Gasteiger partial charge in [-0.05, 0) is 12.1 Å². The Hall–Kier alpha value is -2.64. The van der Waals surface area contributed by atoms with Gasteiger partial charge in [0.25, 0.3) is 5.91 Å². The molecule has 1 amide bonds. The van der Waals surface area contributed by atoms with E-state index in [9.17, 15) is 9.59 Å². The Morgan fingerprint density at radius 3 is 2.88 bits per heavy atom. The van der Waals surface area contributed by atoms with E-state index in [2.05, 4.69) is 20.7 Å². The molecule has 0 saturated carbocycles. The largest absolute Gasteiger partial charge is 0.475 e. The summed E-state index contributed by atoms with van der Waals surface area (Å²) < 4.78 is 4.95. The van der Waals surface area contributed by atoms with Crippen LogP contribution >= 0.6 is 0 Å². The lowest BCUT2D eigenvalue weighted by atomic mass is 10.4. The fourth-order valence-corrected chi connectivity index (χ4v) is 1.16. The fraction of sp³-hybridized carbons (Fsp3) is 0.111. The van der Waals surface area contributed by atoms with Gasteiger partial charge in [0, 0.05) is 0 Å². The van der Waals surface area contributed by atoms with E-state index in [0.29, 0.717) is 5.76 Å². The van der Waals surface area contributed by atoms with Gasteiger partial charge in [0.15, 0.2) is 5.69 Å². The molecule has 0 radical (unpaired) electrons. The molecule has 2 heterocycles. The molecular formula is C9H8N4O4. The molecule has 88 valence electrons. The molecule has 0 aliphatic carbocycles. The highest BCUT2D eigenvalue weighted by Gasteiger charge is 2.11. The smallest absolute Gasteiger partial charge is 0.371 e. The minimum atomic E-state index is -1.15. The molecule has 8 heteroatoms. The number of amides is 1.